The van der Waals surface area contributed by atoms with E-state index in [4.69, 9.17) is 11.5 Å². The van der Waals surface area contributed by atoms with E-state index < -0.39 is 17.9 Å². The molecule has 1 amide bonds. The number of terminal acetylenes is 1. The third-order valence-electron chi connectivity index (χ3n) is 2.21. The number of nitrogens with one attached hydrogen (secondary N) is 1. The molecule has 88 valence electrons. The molecule has 1 aromatic rings. The van der Waals surface area contributed by atoms with Crippen molar-refractivity contribution in [3.05, 3.63) is 35.4 Å². The molecule has 0 radical (unpaired) electrons. The van der Waals surface area contributed by atoms with E-state index in [1.165, 1.54) is 0 Å². The number of carboxylic acids is 1. The summed E-state index contributed by atoms with van der Waals surface area (Å²) in [7, 11) is 0. The molecule has 0 fully saturated rings. The maximum absolute atomic E-state index is 11.7. The highest BCUT2D eigenvalue weighted by molar-refractivity contribution is 5.96. The van der Waals surface area contributed by atoms with Crippen molar-refractivity contribution < 1.29 is 14.7 Å². The lowest BCUT2D eigenvalue weighted by Crippen LogP contribution is -2.40. The summed E-state index contributed by atoms with van der Waals surface area (Å²) < 4.78 is 0. The van der Waals surface area contributed by atoms with Crippen molar-refractivity contribution in [1.82, 2.24) is 5.32 Å². The van der Waals surface area contributed by atoms with Gasteiger partial charge in [-0.25, -0.2) is 4.79 Å². The second kappa shape index (κ2) is 5.71. The van der Waals surface area contributed by atoms with Gasteiger partial charge in [0.25, 0.3) is 5.91 Å². The molecular weight excluding hydrogens is 218 g/mol. The van der Waals surface area contributed by atoms with E-state index in [0.717, 1.165) is 5.56 Å². The minimum absolute atomic E-state index is 0.0348. The van der Waals surface area contributed by atoms with Crippen LogP contribution in [-0.4, -0.2) is 23.0 Å². The number of rotatable bonds is 4. The van der Waals surface area contributed by atoms with Gasteiger partial charge < -0.3 is 10.4 Å². The molecule has 0 aliphatic heterocycles. The fourth-order valence-corrected chi connectivity index (χ4v) is 1.35. The fraction of sp³-hybridized carbons (Fsp3) is 0.231. The van der Waals surface area contributed by atoms with Crippen molar-refractivity contribution >= 4 is 11.9 Å². The molecule has 0 spiro atoms. The minimum Gasteiger partial charge on any atom is -0.480 e. The summed E-state index contributed by atoms with van der Waals surface area (Å²) in [6.07, 6.45) is 5.01. The Morgan fingerprint density at radius 2 is 2.24 bits per heavy atom. The van der Waals surface area contributed by atoms with E-state index in [9.17, 15) is 9.59 Å². The Hall–Kier alpha value is -2.28. The monoisotopic (exact) mass is 231 g/mol. The first-order chi connectivity index (χ1) is 8.04. The average molecular weight is 231 g/mol. The van der Waals surface area contributed by atoms with Crippen LogP contribution in [0.25, 0.3) is 0 Å². The van der Waals surface area contributed by atoms with E-state index >= 15 is 0 Å². The molecule has 0 aliphatic carbocycles. The van der Waals surface area contributed by atoms with Crippen molar-refractivity contribution in [1.29, 1.82) is 0 Å². The molecule has 0 saturated heterocycles. The Bertz CT molecular complexity index is 474. The van der Waals surface area contributed by atoms with Crippen LogP contribution in [0.1, 0.15) is 22.3 Å². The number of aryl methyl sites for hydroxylation is 1. The van der Waals surface area contributed by atoms with Gasteiger partial charge in [-0.2, -0.15) is 0 Å². The van der Waals surface area contributed by atoms with Crippen LogP contribution in [0.3, 0.4) is 0 Å². The van der Waals surface area contributed by atoms with Crippen molar-refractivity contribution in [3.63, 3.8) is 0 Å². The van der Waals surface area contributed by atoms with Crippen LogP contribution in [0.5, 0.6) is 0 Å². The summed E-state index contributed by atoms with van der Waals surface area (Å²) in [6.45, 7) is 1.85. The van der Waals surface area contributed by atoms with E-state index in [2.05, 4.69) is 11.2 Å². The zero-order chi connectivity index (χ0) is 12.8. The van der Waals surface area contributed by atoms with Gasteiger partial charge in [-0.15, -0.1) is 12.3 Å². The maximum atomic E-state index is 11.7. The van der Waals surface area contributed by atoms with Crippen LogP contribution < -0.4 is 5.32 Å². The Kier molecular flexibility index (Phi) is 4.29. The van der Waals surface area contributed by atoms with Gasteiger partial charge in [0, 0.05) is 12.0 Å². The second-order valence-electron chi connectivity index (χ2n) is 3.64. The molecule has 4 heteroatoms. The third-order valence-corrected chi connectivity index (χ3v) is 2.21. The first kappa shape index (κ1) is 12.8. The van der Waals surface area contributed by atoms with Crippen LogP contribution >= 0.6 is 0 Å². The predicted molar refractivity (Wildman–Crippen MR) is 63.5 cm³/mol. The standard InChI is InChI=1S/C13H13NO3/c1-3-5-11(13(16)17)14-12(15)10-7-4-6-9(2)8-10/h1,4,6-8,11H,5H2,2H3,(H,14,15)(H,16,17). The molecule has 17 heavy (non-hydrogen) atoms. The number of carboxylic acid groups (broad SMARTS) is 1. The molecule has 0 aromatic heterocycles. The molecule has 0 aliphatic rings. The van der Waals surface area contributed by atoms with Gasteiger partial charge in [0.2, 0.25) is 0 Å². The van der Waals surface area contributed by atoms with Crippen molar-refractivity contribution in [2.45, 2.75) is 19.4 Å². The summed E-state index contributed by atoms with van der Waals surface area (Å²) in [6, 6.07) is 5.85. The Morgan fingerprint density at radius 1 is 1.53 bits per heavy atom. The summed E-state index contributed by atoms with van der Waals surface area (Å²) in [5, 5.41) is 11.2. The van der Waals surface area contributed by atoms with Crippen LogP contribution in [0.15, 0.2) is 24.3 Å². The minimum atomic E-state index is -1.14. The van der Waals surface area contributed by atoms with Crippen molar-refractivity contribution in [3.8, 4) is 12.3 Å². The van der Waals surface area contributed by atoms with Gasteiger partial charge in [-0.05, 0) is 19.1 Å². The summed E-state index contributed by atoms with van der Waals surface area (Å²) in [5.41, 5.74) is 1.36. The molecule has 1 unspecified atom stereocenters. The van der Waals surface area contributed by atoms with Gasteiger partial charge in [0.15, 0.2) is 0 Å². The summed E-state index contributed by atoms with van der Waals surface area (Å²) >= 11 is 0. The van der Waals surface area contributed by atoms with Gasteiger partial charge in [0.1, 0.15) is 6.04 Å². The first-order valence-electron chi connectivity index (χ1n) is 5.08. The number of amides is 1. The number of hydrogen-bond donors (Lipinski definition) is 2. The molecule has 1 atom stereocenters. The lowest BCUT2D eigenvalue weighted by atomic mass is 10.1. The number of hydrogen-bond acceptors (Lipinski definition) is 2. The quantitative estimate of drug-likeness (QED) is 0.765. The highest BCUT2D eigenvalue weighted by atomic mass is 16.4. The van der Waals surface area contributed by atoms with Crippen LogP contribution in [0, 0.1) is 19.3 Å². The molecule has 4 nitrogen and oxygen atoms in total. The zero-order valence-corrected chi connectivity index (χ0v) is 9.43. The lowest BCUT2D eigenvalue weighted by molar-refractivity contribution is -0.139. The maximum Gasteiger partial charge on any atom is 0.327 e. The summed E-state index contributed by atoms with van der Waals surface area (Å²) in [5.74, 6) is 0.653. The topological polar surface area (TPSA) is 66.4 Å². The van der Waals surface area contributed by atoms with Crippen molar-refractivity contribution in [2.24, 2.45) is 0 Å². The molecule has 0 bridgehead atoms. The van der Waals surface area contributed by atoms with Crippen LogP contribution in [0.2, 0.25) is 0 Å². The third kappa shape index (κ3) is 3.65. The largest absolute Gasteiger partial charge is 0.480 e. The highest BCUT2D eigenvalue weighted by Crippen LogP contribution is 2.04. The van der Waals surface area contributed by atoms with E-state index in [0.29, 0.717) is 5.56 Å². The molecule has 0 heterocycles. The number of carbonyl (C=O) groups is 2. The Morgan fingerprint density at radius 3 is 2.76 bits per heavy atom. The number of aliphatic carboxylic acids is 1. The highest BCUT2D eigenvalue weighted by Gasteiger charge is 2.19. The number of benzene rings is 1. The Labute approximate surface area is 99.7 Å². The number of carbonyl (C=O) groups excluding carboxylic acids is 1. The lowest BCUT2D eigenvalue weighted by Gasteiger charge is -2.11. The molecular formula is C13H13NO3. The van der Waals surface area contributed by atoms with Gasteiger partial charge in [0.05, 0.1) is 0 Å². The fourth-order valence-electron chi connectivity index (χ4n) is 1.35. The molecule has 0 saturated carbocycles. The van der Waals surface area contributed by atoms with Crippen LogP contribution in [-0.2, 0) is 4.79 Å². The SMILES string of the molecule is C#CCC(NC(=O)c1cccc(C)c1)C(=O)O. The zero-order valence-electron chi connectivity index (χ0n) is 9.43. The summed E-state index contributed by atoms with van der Waals surface area (Å²) in [4.78, 5) is 22.6. The van der Waals surface area contributed by atoms with Gasteiger partial charge in [-0.1, -0.05) is 17.7 Å². The molecule has 2 N–H and O–H groups in total. The van der Waals surface area contributed by atoms with E-state index in [1.807, 2.05) is 13.0 Å². The predicted octanol–water partition coefficient (Wildman–Crippen LogP) is 1.20. The molecule has 1 rings (SSSR count). The van der Waals surface area contributed by atoms with Gasteiger partial charge in [-0.3, -0.25) is 4.79 Å². The Balaban J connectivity index is 2.78. The van der Waals surface area contributed by atoms with E-state index in [1.54, 1.807) is 18.2 Å². The molecule has 1 aromatic carbocycles. The van der Waals surface area contributed by atoms with E-state index in [-0.39, 0.29) is 6.42 Å². The first-order valence-corrected chi connectivity index (χ1v) is 5.08. The second-order valence-corrected chi connectivity index (χ2v) is 3.64. The van der Waals surface area contributed by atoms with Crippen LogP contribution in [0.4, 0.5) is 0 Å². The smallest absolute Gasteiger partial charge is 0.327 e. The van der Waals surface area contributed by atoms with Crippen molar-refractivity contribution in [2.75, 3.05) is 0 Å². The normalized spacial score (nSPS) is 11.3. The van der Waals surface area contributed by atoms with Gasteiger partial charge >= 0.3 is 5.97 Å². The average Bonchev–Trinajstić information content (AvgIpc) is 2.28.